The maximum absolute atomic E-state index is 15.5. The highest BCUT2D eigenvalue weighted by Crippen LogP contribution is 2.44. The molecule has 3 aromatic heterocycles. The number of aryl methyl sites for hydroxylation is 1. The fourth-order valence-electron chi connectivity index (χ4n) is 6.05. The smallest absolute Gasteiger partial charge is 0.238 e. The van der Waals surface area contributed by atoms with Crippen molar-refractivity contribution in [1.29, 1.82) is 5.26 Å². The molecule has 11 nitrogen and oxygen atoms in total. The molecule has 0 radical (unpaired) electrons. The number of thiazole rings is 1. The topological polar surface area (TPSA) is 118 Å². The average Bonchev–Trinajstić information content (AvgIpc) is 3.45. The van der Waals surface area contributed by atoms with Crippen LogP contribution in [-0.4, -0.2) is 99.5 Å². The third-order valence-electron chi connectivity index (χ3n) is 8.73. The summed E-state index contributed by atoms with van der Waals surface area (Å²) in [6, 6.07) is 12.3. The number of piperazine rings is 1. The van der Waals surface area contributed by atoms with Crippen LogP contribution in [0.5, 0.6) is 0 Å². The van der Waals surface area contributed by atoms with E-state index in [9.17, 15) is 15.2 Å². The van der Waals surface area contributed by atoms with Crippen LogP contribution in [0.4, 0.5) is 21.0 Å². The third kappa shape index (κ3) is 5.38. The standard InChI is InChI=1S/C31H34FN9O2S/c1-19-3-5-20(6-4-19)27-25(16-33)44-31(34-27)37(2)30-23-15-24(28(32)35-29(23)36-41(30)21-7-8-21)39-13-11-38(12-14-39)18-26(43)40-10-9-22(42)17-40/h3-6,15,21-22,42H,7-14,17-18H2,1-2H3/t22-/m1/s1. The number of aliphatic hydroxyl groups is 1. The van der Waals surface area contributed by atoms with E-state index in [1.165, 1.54) is 11.3 Å². The van der Waals surface area contributed by atoms with Crippen molar-refractivity contribution in [3.05, 3.63) is 46.7 Å². The molecule has 5 heterocycles. The highest BCUT2D eigenvalue weighted by molar-refractivity contribution is 7.16. The molecule has 4 aromatic rings. The molecule has 0 bridgehead atoms. The Morgan fingerprint density at radius 2 is 1.89 bits per heavy atom. The average molecular weight is 616 g/mol. The lowest BCUT2D eigenvalue weighted by Gasteiger charge is -2.36. The molecule has 1 N–H and O–H groups in total. The maximum atomic E-state index is 15.5. The minimum Gasteiger partial charge on any atom is -0.391 e. The molecule has 1 atom stereocenters. The van der Waals surface area contributed by atoms with Gasteiger partial charge in [-0.2, -0.15) is 19.7 Å². The Morgan fingerprint density at radius 3 is 2.55 bits per heavy atom. The van der Waals surface area contributed by atoms with Crippen LogP contribution in [0.25, 0.3) is 22.3 Å². The monoisotopic (exact) mass is 615 g/mol. The van der Waals surface area contributed by atoms with E-state index < -0.39 is 12.1 Å². The maximum Gasteiger partial charge on any atom is 0.238 e. The predicted molar refractivity (Wildman–Crippen MR) is 167 cm³/mol. The quantitative estimate of drug-likeness (QED) is 0.311. The van der Waals surface area contributed by atoms with E-state index in [-0.39, 0.29) is 11.9 Å². The summed E-state index contributed by atoms with van der Waals surface area (Å²) in [5, 5.41) is 25.8. The summed E-state index contributed by atoms with van der Waals surface area (Å²) in [6.45, 7) is 5.65. The number of hydrogen-bond donors (Lipinski definition) is 1. The van der Waals surface area contributed by atoms with Gasteiger partial charge in [0.2, 0.25) is 11.9 Å². The number of benzene rings is 1. The predicted octanol–water partition coefficient (Wildman–Crippen LogP) is 3.69. The lowest BCUT2D eigenvalue weighted by Crippen LogP contribution is -2.50. The molecule has 13 heteroatoms. The minimum absolute atomic E-state index is 0.0247. The summed E-state index contributed by atoms with van der Waals surface area (Å²) in [5.41, 5.74) is 3.41. The number of carbonyl (C=O) groups excluding carboxylic acids is 1. The molecular weight excluding hydrogens is 581 g/mol. The van der Waals surface area contributed by atoms with E-state index >= 15 is 4.39 Å². The number of halogens is 1. The Kier molecular flexibility index (Phi) is 7.44. The number of nitriles is 1. The van der Waals surface area contributed by atoms with Gasteiger partial charge >= 0.3 is 0 Å². The molecule has 1 amide bonds. The number of rotatable bonds is 7. The number of anilines is 3. The van der Waals surface area contributed by atoms with Crippen molar-refractivity contribution in [2.45, 2.75) is 38.3 Å². The van der Waals surface area contributed by atoms with Gasteiger partial charge < -0.3 is 19.8 Å². The summed E-state index contributed by atoms with van der Waals surface area (Å²) in [5.74, 6) is 0.240. The number of aromatic nitrogens is 4. The fraction of sp³-hybridized carbons (Fsp3) is 0.452. The van der Waals surface area contributed by atoms with Gasteiger partial charge in [0.05, 0.1) is 29.8 Å². The second-order valence-electron chi connectivity index (χ2n) is 11.9. The molecule has 3 fully saturated rings. The largest absolute Gasteiger partial charge is 0.391 e. The molecule has 0 spiro atoms. The summed E-state index contributed by atoms with van der Waals surface area (Å²) in [6.07, 6.45) is 2.15. The Hall–Kier alpha value is -4.12. The molecule has 3 aliphatic rings. The Labute approximate surface area is 258 Å². The molecule has 1 saturated carbocycles. The van der Waals surface area contributed by atoms with Crippen molar-refractivity contribution in [2.24, 2.45) is 0 Å². The molecule has 2 aliphatic heterocycles. The van der Waals surface area contributed by atoms with Gasteiger partial charge in [0.25, 0.3) is 0 Å². The zero-order chi connectivity index (χ0) is 30.5. The first kappa shape index (κ1) is 28.6. The van der Waals surface area contributed by atoms with Crippen molar-refractivity contribution in [3.8, 4) is 17.3 Å². The molecule has 2 saturated heterocycles. The zero-order valence-electron chi connectivity index (χ0n) is 24.8. The highest BCUT2D eigenvalue weighted by atomic mass is 32.1. The van der Waals surface area contributed by atoms with Gasteiger partial charge in [-0.25, -0.2) is 9.67 Å². The molecular formula is C31H34FN9O2S. The number of carbonyl (C=O) groups is 1. The van der Waals surface area contributed by atoms with Crippen LogP contribution in [-0.2, 0) is 4.79 Å². The lowest BCUT2D eigenvalue weighted by atomic mass is 10.1. The molecule has 1 aromatic carbocycles. The zero-order valence-corrected chi connectivity index (χ0v) is 25.6. The van der Waals surface area contributed by atoms with Crippen LogP contribution in [0.15, 0.2) is 30.3 Å². The fourth-order valence-corrected chi connectivity index (χ4v) is 6.90. The van der Waals surface area contributed by atoms with Crippen LogP contribution in [0.3, 0.4) is 0 Å². The molecule has 1 aliphatic carbocycles. The number of fused-ring (bicyclic) bond motifs is 1. The first-order valence-corrected chi connectivity index (χ1v) is 15.8. The van der Waals surface area contributed by atoms with Crippen LogP contribution >= 0.6 is 11.3 Å². The second kappa shape index (κ2) is 11.4. The first-order valence-electron chi connectivity index (χ1n) is 15.0. The van der Waals surface area contributed by atoms with E-state index in [0.29, 0.717) is 79.3 Å². The number of likely N-dealkylation sites (tertiary alicyclic amines) is 1. The van der Waals surface area contributed by atoms with E-state index in [2.05, 4.69) is 16.0 Å². The number of aliphatic hydroxyl groups excluding tert-OH is 1. The summed E-state index contributed by atoms with van der Waals surface area (Å²) in [7, 11) is 1.91. The molecule has 228 valence electrons. The van der Waals surface area contributed by atoms with E-state index in [1.807, 2.05) is 58.8 Å². The SMILES string of the molecule is Cc1ccc(-c2nc(N(C)c3c4cc(N5CCN(CC(=O)N6CC[C@@H](O)C6)CC5)c(F)nc4nn3C3CC3)sc2C#N)cc1. The Morgan fingerprint density at radius 1 is 1.14 bits per heavy atom. The van der Waals surface area contributed by atoms with E-state index in [4.69, 9.17) is 10.1 Å². The van der Waals surface area contributed by atoms with Crippen molar-refractivity contribution >= 4 is 44.9 Å². The normalized spacial score (nSPS) is 19.1. The van der Waals surface area contributed by atoms with E-state index in [0.717, 1.165) is 35.2 Å². The lowest BCUT2D eigenvalue weighted by molar-refractivity contribution is -0.131. The molecule has 44 heavy (non-hydrogen) atoms. The number of amides is 1. The van der Waals surface area contributed by atoms with Gasteiger partial charge in [0.1, 0.15) is 22.5 Å². The third-order valence-corrected chi connectivity index (χ3v) is 9.76. The highest BCUT2D eigenvalue weighted by Gasteiger charge is 2.33. The van der Waals surface area contributed by atoms with Gasteiger partial charge in [0.15, 0.2) is 10.8 Å². The van der Waals surface area contributed by atoms with Crippen molar-refractivity contribution in [3.63, 3.8) is 0 Å². The Balaban J connectivity index is 1.16. The van der Waals surface area contributed by atoms with Gasteiger partial charge in [-0.15, -0.1) is 0 Å². The van der Waals surface area contributed by atoms with Gasteiger partial charge in [0, 0.05) is 51.9 Å². The van der Waals surface area contributed by atoms with Crippen molar-refractivity contribution in [2.75, 3.05) is 62.7 Å². The second-order valence-corrected chi connectivity index (χ2v) is 12.9. The van der Waals surface area contributed by atoms with Crippen molar-refractivity contribution in [1.82, 2.24) is 29.5 Å². The van der Waals surface area contributed by atoms with Gasteiger partial charge in [-0.1, -0.05) is 41.2 Å². The molecule has 7 rings (SSSR count). The number of hydrogen-bond acceptors (Lipinski definition) is 10. The van der Waals surface area contributed by atoms with Crippen LogP contribution in [0, 0.1) is 24.2 Å². The van der Waals surface area contributed by atoms with Crippen LogP contribution < -0.4 is 9.80 Å². The minimum atomic E-state index is -0.564. The van der Waals surface area contributed by atoms with E-state index in [1.54, 1.807) is 4.90 Å². The summed E-state index contributed by atoms with van der Waals surface area (Å²) >= 11 is 1.32. The van der Waals surface area contributed by atoms with Crippen LogP contribution in [0.2, 0.25) is 0 Å². The first-order chi connectivity index (χ1) is 21.3. The van der Waals surface area contributed by atoms with Gasteiger partial charge in [-0.3, -0.25) is 9.69 Å². The van der Waals surface area contributed by atoms with Gasteiger partial charge in [-0.05, 0) is 32.3 Å². The van der Waals surface area contributed by atoms with Crippen LogP contribution in [0.1, 0.15) is 35.7 Å². The number of pyridine rings is 1. The molecule has 0 unspecified atom stereocenters. The number of β-amino-alcohol motifs (C(OH)–C–C–N with tert-alkyl or cyclic N) is 1. The summed E-state index contributed by atoms with van der Waals surface area (Å²) < 4.78 is 17.4. The van der Waals surface area contributed by atoms with Crippen molar-refractivity contribution < 1.29 is 14.3 Å². The summed E-state index contributed by atoms with van der Waals surface area (Å²) in [4.78, 5) is 30.1. The number of nitrogens with zero attached hydrogens (tertiary/aromatic N) is 9. The Bertz CT molecular complexity index is 1750.